The monoisotopic (exact) mass is 256 g/mol. The molecule has 78 valence electrons. The molecule has 0 saturated carbocycles. The second-order valence-corrected chi connectivity index (χ2v) is 4.24. The molecule has 0 aromatic heterocycles. The molecule has 0 heterocycles. The Balaban J connectivity index is 3.02. The van der Waals surface area contributed by atoms with Crippen LogP contribution in [0, 0.1) is 0 Å². The Bertz CT molecular complexity index is 299. The molecule has 1 aromatic rings. The molecule has 14 heavy (non-hydrogen) atoms. The first-order valence-electron chi connectivity index (χ1n) is 4.88. The zero-order chi connectivity index (χ0) is 10.6. The average Bonchev–Trinajstić information content (AvgIpc) is 2.20. The van der Waals surface area contributed by atoms with Crippen molar-refractivity contribution < 1.29 is 0 Å². The lowest BCUT2D eigenvalue weighted by Crippen LogP contribution is -2.18. The quantitative estimate of drug-likeness (QED) is 0.897. The highest BCUT2D eigenvalue weighted by atomic mass is 79.9. The first-order chi connectivity index (χ1) is 6.69. The number of halogens is 1. The van der Waals surface area contributed by atoms with Crippen LogP contribution in [0.15, 0.2) is 22.7 Å². The maximum atomic E-state index is 5.58. The van der Waals surface area contributed by atoms with Gasteiger partial charge in [-0.05, 0) is 37.6 Å². The first-order valence-corrected chi connectivity index (χ1v) is 5.68. The molecule has 0 aliphatic rings. The van der Waals surface area contributed by atoms with Crippen LogP contribution in [0.1, 0.15) is 12.5 Å². The third-order valence-electron chi connectivity index (χ3n) is 2.35. The van der Waals surface area contributed by atoms with Crippen molar-refractivity contribution in [2.24, 2.45) is 5.73 Å². The fourth-order valence-corrected chi connectivity index (χ4v) is 1.78. The van der Waals surface area contributed by atoms with E-state index in [1.165, 1.54) is 11.3 Å². The lowest BCUT2D eigenvalue weighted by Gasteiger charge is -2.20. The van der Waals surface area contributed by atoms with Crippen LogP contribution in [-0.4, -0.2) is 20.1 Å². The summed E-state index contributed by atoms with van der Waals surface area (Å²) < 4.78 is 1.12. The number of nitrogens with zero attached hydrogens (tertiary/aromatic N) is 1. The van der Waals surface area contributed by atoms with Gasteiger partial charge in [0, 0.05) is 23.8 Å². The summed E-state index contributed by atoms with van der Waals surface area (Å²) in [5.74, 6) is 0. The molecule has 0 fully saturated rings. The average molecular weight is 257 g/mol. The molecular formula is C11H17BrN2. The number of hydrogen-bond acceptors (Lipinski definition) is 2. The maximum Gasteiger partial charge on any atom is 0.0407 e. The predicted octanol–water partition coefficient (Wildman–Crippen LogP) is 2.41. The number of hydrogen-bond donors (Lipinski definition) is 1. The van der Waals surface area contributed by atoms with Crippen molar-refractivity contribution in [1.29, 1.82) is 0 Å². The third-order valence-corrected chi connectivity index (χ3v) is 2.84. The van der Waals surface area contributed by atoms with Crippen molar-refractivity contribution in [3.63, 3.8) is 0 Å². The minimum absolute atomic E-state index is 0.701. The van der Waals surface area contributed by atoms with Crippen LogP contribution in [0.3, 0.4) is 0 Å². The van der Waals surface area contributed by atoms with Gasteiger partial charge in [0.15, 0.2) is 0 Å². The van der Waals surface area contributed by atoms with Gasteiger partial charge in [-0.25, -0.2) is 0 Å². The van der Waals surface area contributed by atoms with E-state index in [0.29, 0.717) is 6.54 Å². The molecule has 0 aliphatic carbocycles. The van der Waals surface area contributed by atoms with E-state index in [9.17, 15) is 0 Å². The van der Waals surface area contributed by atoms with Crippen LogP contribution in [0.4, 0.5) is 5.69 Å². The molecule has 0 aliphatic heterocycles. The molecule has 0 unspecified atom stereocenters. The summed E-state index contributed by atoms with van der Waals surface area (Å²) in [4.78, 5) is 2.23. The molecule has 2 N–H and O–H groups in total. The van der Waals surface area contributed by atoms with E-state index >= 15 is 0 Å². The Morgan fingerprint density at radius 1 is 1.43 bits per heavy atom. The molecule has 0 radical (unpaired) electrons. The Morgan fingerprint density at radius 3 is 2.71 bits per heavy atom. The summed E-state index contributed by atoms with van der Waals surface area (Å²) in [6.45, 7) is 3.85. The Hall–Kier alpha value is -0.540. The van der Waals surface area contributed by atoms with E-state index < -0.39 is 0 Å². The minimum Gasteiger partial charge on any atom is -0.375 e. The lowest BCUT2D eigenvalue weighted by molar-refractivity contribution is 0.918. The Morgan fingerprint density at radius 2 is 2.14 bits per heavy atom. The van der Waals surface area contributed by atoms with Crippen LogP contribution in [0.5, 0.6) is 0 Å². The van der Waals surface area contributed by atoms with Gasteiger partial charge in [-0.3, -0.25) is 0 Å². The van der Waals surface area contributed by atoms with Gasteiger partial charge in [0.05, 0.1) is 0 Å². The van der Waals surface area contributed by atoms with Crippen molar-refractivity contribution in [2.45, 2.75) is 13.3 Å². The topological polar surface area (TPSA) is 29.3 Å². The largest absolute Gasteiger partial charge is 0.375 e. The standard InChI is InChI=1S/C11H17BrN2/c1-3-14(2)11-8-10(12)5-4-9(11)6-7-13/h4-5,8H,3,6-7,13H2,1-2H3. The summed E-state index contributed by atoms with van der Waals surface area (Å²) in [6, 6.07) is 6.35. The van der Waals surface area contributed by atoms with Crippen LogP contribution in [0.25, 0.3) is 0 Å². The number of nitrogens with two attached hydrogens (primary N) is 1. The summed E-state index contributed by atoms with van der Waals surface area (Å²) >= 11 is 3.49. The van der Waals surface area contributed by atoms with Gasteiger partial charge in [-0.15, -0.1) is 0 Å². The molecule has 1 rings (SSSR count). The van der Waals surface area contributed by atoms with E-state index in [4.69, 9.17) is 5.73 Å². The van der Waals surface area contributed by atoms with Gasteiger partial charge in [-0.2, -0.15) is 0 Å². The summed E-state index contributed by atoms with van der Waals surface area (Å²) in [6.07, 6.45) is 0.937. The van der Waals surface area contributed by atoms with E-state index in [2.05, 4.69) is 53.0 Å². The lowest BCUT2D eigenvalue weighted by atomic mass is 10.1. The normalized spacial score (nSPS) is 10.3. The number of benzene rings is 1. The molecule has 0 amide bonds. The third kappa shape index (κ3) is 2.72. The summed E-state index contributed by atoms with van der Waals surface area (Å²) in [5.41, 5.74) is 8.17. The molecule has 1 aromatic carbocycles. The van der Waals surface area contributed by atoms with Gasteiger partial charge in [-0.1, -0.05) is 22.0 Å². The first kappa shape index (κ1) is 11.5. The smallest absolute Gasteiger partial charge is 0.0407 e. The van der Waals surface area contributed by atoms with E-state index in [0.717, 1.165) is 17.4 Å². The zero-order valence-corrected chi connectivity index (χ0v) is 10.3. The van der Waals surface area contributed by atoms with Gasteiger partial charge in [0.2, 0.25) is 0 Å². The SMILES string of the molecule is CCN(C)c1cc(Br)ccc1CCN. The molecular weight excluding hydrogens is 240 g/mol. The number of anilines is 1. The van der Waals surface area contributed by atoms with Crippen molar-refractivity contribution in [1.82, 2.24) is 0 Å². The second-order valence-electron chi connectivity index (χ2n) is 3.33. The predicted molar refractivity (Wildman–Crippen MR) is 65.8 cm³/mol. The zero-order valence-electron chi connectivity index (χ0n) is 8.76. The molecule has 0 saturated heterocycles. The Labute approximate surface area is 94.2 Å². The minimum atomic E-state index is 0.701. The van der Waals surface area contributed by atoms with E-state index in [1.54, 1.807) is 0 Å². The highest BCUT2D eigenvalue weighted by Crippen LogP contribution is 2.24. The van der Waals surface area contributed by atoms with Crippen molar-refractivity contribution in [2.75, 3.05) is 25.0 Å². The highest BCUT2D eigenvalue weighted by Gasteiger charge is 2.05. The van der Waals surface area contributed by atoms with Gasteiger partial charge in [0.25, 0.3) is 0 Å². The van der Waals surface area contributed by atoms with Crippen molar-refractivity contribution in [3.8, 4) is 0 Å². The van der Waals surface area contributed by atoms with Gasteiger partial charge >= 0.3 is 0 Å². The van der Waals surface area contributed by atoms with Gasteiger partial charge < -0.3 is 10.6 Å². The van der Waals surface area contributed by atoms with Crippen LogP contribution >= 0.6 is 15.9 Å². The number of rotatable bonds is 4. The molecule has 3 heteroatoms. The van der Waals surface area contributed by atoms with Crippen LogP contribution < -0.4 is 10.6 Å². The highest BCUT2D eigenvalue weighted by molar-refractivity contribution is 9.10. The maximum absolute atomic E-state index is 5.58. The van der Waals surface area contributed by atoms with Crippen molar-refractivity contribution in [3.05, 3.63) is 28.2 Å². The summed E-state index contributed by atoms with van der Waals surface area (Å²) in [5, 5.41) is 0. The Kier molecular flexibility index (Phi) is 4.42. The molecule has 0 bridgehead atoms. The second kappa shape index (κ2) is 5.37. The van der Waals surface area contributed by atoms with Crippen molar-refractivity contribution >= 4 is 21.6 Å². The van der Waals surface area contributed by atoms with Gasteiger partial charge in [0.1, 0.15) is 0 Å². The summed E-state index contributed by atoms with van der Waals surface area (Å²) in [7, 11) is 2.10. The fourth-order valence-electron chi connectivity index (χ4n) is 1.43. The molecule has 0 atom stereocenters. The molecule has 0 spiro atoms. The fraction of sp³-hybridized carbons (Fsp3) is 0.455. The molecule has 2 nitrogen and oxygen atoms in total. The van der Waals surface area contributed by atoms with E-state index in [-0.39, 0.29) is 0 Å². The van der Waals surface area contributed by atoms with Crippen LogP contribution in [-0.2, 0) is 6.42 Å². The van der Waals surface area contributed by atoms with Crippen LogP contribution in [0.2, 0.25) is 0 Å². The van der Waals surface area contributed by atoms with E-state index in [1.807, 2.05) is 0 Å².